The van der Waals surface area contributed by atoms with Gasteiger partial charge in [0.1, 0.15) is 11.9 Å². The first-order valence-corrected chi connectivity index (χ1v) is 6.47. The summed E-state index contributed by atoms with van der Waals surface area (Å²) >= 11 is 0. The molecule has 0 spiro atoms. The molecule has 0 amide bonds. The molecule has 4 heteroatoms. The molecule has 2 nitrogen and oxygen atoms in total. The van der Waals surface area contributed by atoms with Crippen LogP contribution in [0.25, 0.3) is 0 Å². The lowest BCUT2D eigenvalue weighted by Crippen LogP contribution is -2.03. The van der Waals surface area contributed by atoms with E-state index in [1.165, 1.54) is 6.08 Å². The Morgan fingerprint density at radius 1 is 1.22 bits per heavy atom. The summed E-state index contributed by atoms with van der Waals surface area (Å²) in [7, 11) is 1.66. The van der Waals surface area contributed by atoms with E-state index in [1.54, 1.807) is 19.3 Å². The van der Waals surface area contributed by atoms with Crippen LogP contribution in [0, 0.1) is 0 Å². The maximum Gasteiger partial charge on any atom is 0.122 e. The van der Waals surface area contributed by atoms with E-state index in [2.05, 4.69) is 0 Å². The zero-order valence-corrected chi connectivity index (χ0v) is 14.6. The highest BCUT2D eigenvalue weighted by Crippen LogP contribution is 2.13. The second-order valence-corrected chi connectivity index (χ2v) is 2.91. The number of rotatable bonds is 5. The average molecular weight is 374 g/mol. The second kappa shape index (κ2) is 19.2. The van der Waals surface area contributed by atoms with Crippen LogP contribution in [-0.2, 0) is 9.47 Å². The van der Waals surface area contributed by atoms with E-state index in [0.717, 1.165) is 12.2 Å². The monoisotopic (exact) mass is 374 g/mol. The lowest BCUT2D eigenvalue weighted by molar-refractivity contribution is 0.148. The fraction of sp³-hybridized carbons (Fsp3) is 0.714. The van der Waals surface area contributed by atoms with Crippen molar-refractivity contribution in [2.75, 3.05) is 20.3 Å². The number of hydrogen-bond donors (Lipinski definition) is 0. The first-order chi connectivity index (χ1) is 8.33. The van der Waals surface area contributed by atoms with Crippen molar-refractivity contribution in [3.8, 4) is 0 Å². The van der Waals surface area contributed by atoms with E-state index in [0.29, 0.717) is 19.6 Å². The SMILES string of the molecule is CC.CC.COCCCOC1=CCC(F)C=C1.I. The topological polar surface area (TPSA) is 18.5 Å². The van der Waals surface area contributed by atoms with Crippen LogP contribution in [0.2, 0.25) is 0 Å². The van der Waals surface area contributed by atoms with E-state index in [-0.39, 0.29) is 24.0 Å². The summed E-state index contributed by atoms with van der Waals surface area (Å²) in [6.45, 7) is 9.32. The van der Waals surface area contributed by atoms with Crippen molar-refractivity contribution in [1.82, 2.24) is 0 Å². The fourth-order valence-electron chi connectivity index (χ4n) is 1.07. The van der Waals surface area contributed by atoms with Gasteiger partial charge in [-0.25, -0.2) is 4.39 Å². The summed E-state index contributed by atoms with van der Waals surface area (Å²) in [5.41, 5.74) is 0. The lowest BCUT2D eigenvalue weighted by atomic mass is 10.1. The smallest absolute Gasteiger partial charge is 0.122 e. The number of alkyl halides is 1. The molecule has 0 saturated heterocycles. The normalized spacial score (nSPS) is 16.1. The maximum atomic E-state index is 12.6. The standard InChI is InChI=1S/C10H15FO2.2C2H6.HI/c1-12-7-2-8-13-10-5-3-9(11)4-6-10;2*1-2;/h3,5-6,9H,2,4,7-8H2,1H3;2*1-2H3;1H. The number of allylic oxidation sites excluding steroid dienone is 3. The average Bonchev–Trinajstić information content (AvgIpc) is 2.41. The zero-order valence-electron chi connectivity index (χ0n) is 12.2. The quantitative estimate of drug-likeness (QED) is 0.504. The highest BCUT2D eigenvalue weighted by atomic mass is 127. The largest absolute Gasteiger partial charge is 0.494 e. The first-order valence-electron chi connectivity index (χ1n) is 6.47. The van der Waals surface area contributed by atoms with Gasteiger partial charge in [-0.1, -0.05) is 27.7 Å². The summed E-state index contributed by atoms with van der Waals surface area (Å²) in [6, 6.07) is 0. The van der Waals surface area contributed by atoms with Gasteiger partial charge in [0.15, 0.2) is 0 Å². The predicted octanol–water partition coefficient (Wildman–Crippen LogP) is 4.89. The maximum absolute atomic E-state index is 12.6. The molecule has 0 N–H and O–H groups in total. The van der Waals surface area contributed by atoms with Crippen LogP contribution in [0.5, 0.6) is 0 Å². The number of hydrogen-bond acceptors (Lipinski definition) is 2. The van der Waals surface area contributed by atoms with Gasteiger partial charge in [0, 0.05) is 26.6 Å². The van der Waals surface area contributed by atoms with Crippen molar-refractivity contribution in [2.45, 2.75) is 46.7 Å². The van der Waals surface area contributed by atoms with E-state index >= 15 is 0 Å². The van der Waals surface area contributed by atoms with Gasteiger partial charge in [-0.05, 0) is 18.2 Å². The van der Waals surface area contributed by atoms with Gasteiger partial charge in [-0.15, -0.1) is 24.0 Å². The Kier molecular flexibility index (Phi) is 24.6. The Hall–Kier alpha value is -0.100. The third-order valence-corrected chi connectivity index (χ3v) is 1.78. The lowest BCUT2D eigenvalue weighted by Gasteiger charge is -2.11. The van der Waals surface area contributed by atoms with Crippen molar-refractivity contribution >= 4 is 24.0 Å². The van der Waals surface area contributed by atoms with Crippen LogP contribution in [0.1, 0.15) is 40.5 Å². The number of methoxy groups -OCH3 is 1. The molecule has 0 aromatic carbocycles. The molecule has 0 bridgehead atoms. The van der Waals surface area contributed by atoms with Crippen LogP contribution in [-0.4, -0.2) is 26.5 Å². The summed E-state index contributed by atoms with van der Waals surface area (Å²) in [5, 5.41) is 0. The molecular weight excluding hydrogens is 346 g/mol. The van der Waals surface area contributed by atoms with Crippen molar-refractivity contribution in [3.05, 3.63) is 24.0 Å². The van der Waals surface area contributed by atoms with Crippen molar-refractivity contribution in [1.29, 1.82) is 0 Å². The minimum atomic E-state index is -0.841. The van der Waals surface area contributed by atoms with E-state index in [9.17, 15) is 4.39 Å². The number of ether oxygens (including phenoxy) is 2. The van der Waals surface area contributed by atoms with Crippen LogP contribution >= 0.6 is 24.0 Å². The van der Waals surface area contributed by atoms with Crippen LogP contribution in [0.15, 0.2) is 24.0 Å². The minimum Gasteiger partial charge on any atom is -0.494 e. The highest BCUT2D eigenvalue weighted by Gasteiger charge is 2.06. The molecule has 1 atom stereocenters. The molecule has 1 unspecified atom stereocenters. The Morgan fingerprint density at radius 2 is 1.83 bits per heavy atom. The summed E-state index contributed by atoms with van der Waals surface area (Å²) < 4.78 is 22.8. The molecule has 1 aliphatic carbocycles. The Labute approximate surface area is 129 Å². The van der Waals surface area contributed by atoms with Gasteiger partial charge in [-0.2, -0.15) is 0 Å². The summed E-state index contributed by atoms with van der Waals surface area (Å²) in [4.78, 5) is 0. The van der Waals surface area contributed by atoms with Crippen LogP contribution < -0.4 is 0 Å². The third-order valence-electron chi connectivity index (χ3n) is 1.78. The highest BCUT2D eigenvalue weighted by molar-refractivity contribution is 14.0. The molecule has 0 radical (unpaired) electrons. The molecular formula is C14H28FIO2. The van der Waals surface area contributed by atoms with Gasteiger partial charge in [0.05, 0.1) is 6.61 Å². The van der Waals surface area contributed by atoms with E-state index in [1.807, 2.05) is 27.7 Å². The predicted molar refractivity (Wildman–Crippen MR) is 87.3 cm³/mol. The van der Waals surface area contributed by atoms with Crippen LogP contribution in [0.4, 0.5) is 4.39 Å². The Bertz CT molecular complexity index is 206. The van der Waals surface area contributed by atoms with Crippen molar-refractivity contribution in [2.24, 2.45) is 0 Å². The van der Waals surface area contributed by atoms with Gasteiger partial charge < -0.3 is 9.47 Å². The van der Waals surface area contributed by atoms with Crippen molar-refractivity contribution < 1.29 is 13.9 Å². The second-order valence-electron chi connectivity index (χ2n) is 2.91. The van der Waals surface area contributed by atoms with Gasteiger partial charge in [-0.3, -0.25) is 0 Å². The molecule has 0 aliphatic heterocycles. The molecule has 1 aliphatic rings. The fourth-order valence-corrected chi connectivity index (χ4v) is 1.07. The first kappa shape index (κ1) is 23.0. The van der Waals surface area contributed by atoms with Gasteiger partial charge >= 0.3 is 0 Å². The third kappa shape index (κ3) is 14.0. The molecule has 18 heavy (non-hydrogen) atoms. The van der Waals surface area contributed by atoms with E-state index in [4.69, 9.17) is 9.47 Å². The molecule has 0 fully saturated rings. The van der Waals surface area contributed by atoms with Gasteiger partial charge in [0.25, 0.3) is 0 Å². The molecule has 1 rings (SSSR count). The minimum absolute atomic E-state index is 0. The van der Waals surface area contributed by atoms with Crippen molar-refractivity contribution in [3.63, 3.8) is 0 Å². The Balaban J connectivity index is -0.000000409. The zero-order chi connectivity index (χ0) is 13.5. The number of halogens is 2. The molecule has 0 heterocycles. The van der Waals surface area contributed by atoms with Gasteiger partial charge in [0.2, 0.25) is 0 Å². The summed E-state index contributed by atoms with van der Waals surface area (Å²) in [6.07, 6.45) is 5.42. The molecule has 0 aromatic heterocycles. The summed E-state index contributed by atoms with van der Waals surface area (Å²) in [5.74, 6) is 0.769. The van der Waals surface area contributed by atoms with Crippen LogP contribution in [0.3, 0.4) is 0 Å². The molecule has 0 aromatic rings. The van der Waals surface area contributed by atoms with E-state index < -0.39 is 6.17 Å². The Morgan fingerprint density at radius 3 is 2.28 bits per heavy atom. The molecule has 110 valence electrons. The molecule has 0 saturated carbocycles.